The number of methoxy groups -OCH3 is 1. The third-order valence-corrected chi connectivity index (χ3v) is 4.36. The maximum Gasteiger partial charge on any atom is 0.333 e. The maximum absolute atomic E-state index is 12.6. The van der Waals surface area contributed by atoms with Gasteiger partial charge in [-0.2, -0.15) is 0 Å². The van der Waals surface area contributed by atoms with Gasteiger partial charge in [-0.25, -0.2) is 0 Å². The van der Waals surface area contributed by atoms with Gasteiger partial charge in [-0.1, -0.05) is 25.9 Å². The molecule has 0 unspecified atom stereocenters. The van der Waals surface area contributed by atoms with Crippen LogP contribution < -0.4 is 0 Å². The highest BCUT2D eigenvalue weighted by atomic mass is 16.6. The van der Waals surface area contributed by atoms with E-state index in [1.54, 1.807) is 0 Å². The van der Waals surface area contributed by atoms with Crippen LogP contribution in [0.15, 0.2) is 16.5 Å². The largest absolute Gasteiger partial charge is 0.468 e. The summed E-state index contributed by atoms with van der Waals surface area (Å²) in [5.41, 5.74) is -0.976. The van der Waals surface area contributed by atoms with Crippen LogP contribution in [-0.2, 0) is 23.9 Å². The van der Waals surface area contributed by atoms with Crippen molar-refractivity contribution in [1.82, 2.24) is 0 Å². The SMILES string of the molecule is CCCC1=C2/C(=N\OCC)CC(C)(C)[C@@]2(C(=O)OC)C(=O)O1. The quantitative estimate of drug-likeness (QED) is 0.443. The molecule has 1 saturated carbocycles. The number of hydrogen-bond donors (Lipinski definition) is 0. The van der Waals surface area contributed by atoms with Crippen molar-refractivity contribution in [3.63, 3.8) is 0 Å². The molecule has 2 aliphatic rings. The van der Waals surface area contributed by atoms with E-state index in [0.717, 1.165) is 6.42 Å². The molecule has 1 aliphatic carbocycles. The molecule has 122 valence electrons. The Morgan fingerprint density at radius 1 is 1.36 bits per heavy atom. The molecule has 2 rings (SSSR count). The monoisotopic (exact) mass is 309 g/mol. The summed E-state index contributed by atoms with van der Waals surface area (Å²) in [6.07, 6.45) is 1.83. The van der Waals surface area contributed by atoms with Crippen LogP contribution in [0.5, 0.6) is 0 Å². The average molecular weight is 309 g/mol. The number of hydrogen-bond acceptors (Lipinski definition) is 6. The lowest BCUT2D eigenvalue weighted by Gasteiger charge is -2.32. The Morgan fingerprint density at radius 3 is 2.59 bits per heavy atom. The van der Waals surface area contributed by atoms with Crippen LogP contribution in [0.2, 0.25) is 0 Å². The van der Waals surface area contributed by atoms with E-state index in [4.69, 9.17) is 14.3 Å². The Labute approximate surface area is 130 Å². The summed E-state index contributed by atoms with van der Waals surface area (Å²) in [6.45, 7) is 7.94. The van der Waals surface area contributed by atoms with Gasteiger partial charge in [-0.05, 0) is 13.3 Å². The lowest BCUT2D eigenvalue weighted by atomic mass is 9.66. The number of fused-ring (bicyclic) bond motifs is 1. The summed E-state index contributed by atoms with van der Waals surface area (Å²) in [5.74, 6) is -0.642. The van der Waals surface area contributed by atoms with Gasteiger partial charge in [-0.3, -0.25) is 9.59 Å². The van der Waals surface area contributed by atoms with Crippen molar-refractivity contribution in [3.05, 3.63) is 11.3 Å². The Bertz CT molecular complexity index is 561. The standard InChI is InChI=1S/C16H23NO5/c1-6-8-11-12-10(17-21-7-2)9-15(3,4)16(12,13(18)20-5)14(19)22-11/h6-9H2,1-5H3/b17-10-/t16-/m0/s1. The predicted molar refractivity (Wildman–Crippen MR) is 79.9 cm³/mol. The maximum atomic E-state index is 12.6. The van der Waals surface area contributed by atoms with Crippen LogP contribution in [0.4, 0.5) is 0 Å². The van der Waals surface area contributed by atoms with Crippen LogP contribution in [0.3, 0.4) is 0 Å². The minimum Gasteiger partial charge on any atom is -0.468 e. The van der Waals surface area contributed by atoms with Crippen LogP contribution in [0, 0.1) is 10.8 Å². The van der Waals surface area contributed by atoms with Gasteiger partial charge >= 0.3 is 11.9 Å². The first-order valence-corrected chi connectivity index (χ1v) is 7.60. The van der Waals surface area contributed by atoms with E-state index in [1.807, 2.05) is 27.7 Å². The third kappa shape index (κ3) is 2.04. The van der Waals surface area contributed by atoms with E-state index in [1.165, 1.54) is 7.11 Å². The van der Waals surface area contributed by atoms with Crippen molar-refractivity contribution in [2.45, 2.75) is 47.0 Å². The molecule has 1 atom stereocenters. The number of nitrogens with zero attached hydrogens (tertiary/aromatic N) is 1. The molecular weight excluding hydrogens is 286 g/mol. The van der Waals surface area contributed by atoms with Gasteiger partial charge in [0, 0.05) is 23.8 Å². The van der Waals surface area contributed by atoms with Gasteiger partial charge in [0.25, 0.3) is 0 Å². The molecule has 0 radical (unpaired) electrons. The molecule has 0 bridgehead atoms. The molecule has 0 saturated heterocycles. The minimum absolute atomic E-state index is 0.417. The highest BCUT2D eigenvalue weighted by Crippen LogP contribution is 2.60. The van der Waals surface area contributed by atoms with Crippen molar-refractivity contribution in [2.24, 2.45) is 16.0 Å². The molecule has 0 aromatic rings. The van der Waals surface area contributed by atoms with Crippen molar-refractivity contribution in [3.8, 4) is 0 Å². The molecule has 0 N–H and O–H groups in total. The van der Waals surface area contributed by atoms with Gasteiger partial charge in [-0.15, -0.1) is 0 Å². The number of ether oxygens (including phenoxy) is 2. The molecule has 1 heterocycles. The molecule has 0 aromatic heterocycles. The average Bonchev–Trinajstić information content (AvgIpc) is 2.89. The summed E-state index contributed by atoms with van der Waals surface area (Å²) >= 11 is 0. The molecular formula is C16H23NO5. The lowest BCUT2D eigenvalue weighted by Crippen LogP contribution is -2.47. The fraction of sp³-hybridized carbons (Fsp3) is 0.688. The second-order valence-electron chi connectivity index (χ2n) is 6.20. The first kappa shape index (κ1) is 16.5. The van der Waals surface area contributed by atoms with Gasteiger partial charge in [0.15, 0.2) is 0 Å². The summed E-state index contributed by atoms with van der Waals surface area (Å²) in [6, 6.07) is 0. The number of oxime groups is 1. The summed E-state index contributed by atoms with van der Waals surface area (Å²) in [7, 11) is 1.29. The third-order valence-electron chi connectivity index (χ3n) is 4.36. The van der Waals surface area contributed by atoms with Gasteiger partial charge in [0.2, 0.25) is 5.41 Å². The zero-order valence-electron chi connectivity index (χ0n) is 13.8. The zero-order chi connectivity index (χ0) is 16.5. The van der Waals surface area contributed by atoms with E-state index < -0.39 is 22.8 Å². The minimum atomic E-state index is -1.44. The number of allylic oxidation sites excluding steroid dienone is 1. The number of esters is 2. The van der Waals surface area contributed by atoms with E-state index in [0.29, 0.717) is 36.5 Å². The molecule has 0 amide bonds. The van der Waals surface area contributed by atoms with Crippen molar-refractivity contribution in [1.29, 1.82) is 0 Å². The topological polar surface area (TPSA) is 74.2 Å². The fourth-order valence-corrected chi connectivity index (χ4v) is 3.42. The second kappa shape index (κ2) is 5.74. The molecule has 6 heteroatoms. The highest BCUT2D eigenvalue weighted by molar-refractivity contribution is 6.21. The van der Waals surface area contributed by atoms with Crippen molar-refractivity contribution in [2.75, 3.05) is 13.7 Å². The first-order valence-electron chi connectivity index (χ1n) is 7.60. The Hall–Kier alpha value is -1.85. The Kier molecular flexibility index (Phi) is 4.31. The van der Waals surface area contributed by atoms with Gasteiger partial charge < -0.3 is 14.3 Å². The first-order chi connectivity index (χ1) is 10.4. The van der Waals surface area contributed by atoms with E-state index in [2.05, 4.69) is 5.16 Å². The van der Waals surface area contributed by atoms with Crippen molar-refractivity contribution >= 4 is 17.7 Å². The van der Waals surface area contributed by atoms with Gasteiger partial charge in [0.05, 0.1) is 12.8 Å². The molecule has 0 aromatic carbocycles. The van der Waals surface area contributed by atoms with Crippen LogP contribution in [0.1, 0.15) is 47.0 Å². The summed E-state index contributed by atoms with van der Waals surface area (Å²) in [4.78, 5) is 30.4. The lowest BCUT2D eigenvalue weighted by molar-refractivity contribution is -0.168. The van der Waals surface area contributed by atoms with Crippen LogP contribution >= 0.6 is 0 Å². The highest BCUT2D eigenvalue weighted by Gasteiger charge is 2.71. The molecule has 1 aliphatic heterocycles. The molecule has 6 nitrogen and oxygen atoms in total. The molecule has 0 spiro atoms. The van der Waals surface area contributed by atoms with Gasteiger partial charge in [0.1, 0.15) is 12.4 Å². The summed E-state index contributed by atoms with van der Waals surface area (Å²) in [5, 5.41) is 4.13. The summed E-state index contributed by atoms with van der Waals surface area (Å²) < 4.78 is 10.4. The van der Waals surface area contributed by atoms with E-state index in [9.17, 15) is 9.59 Å². The number of carbonyl (C=O) groups excluding carboxylic acids is 2. The normalized spacial score (nSPS) is 27.9. The molecule has 1 fully saturated rings. The second-order valence-corrected chi connectivity index (χ2v) is 6.20. The Balaban J connectivity index is 2.69. The van der Waals surface area contributed by atoms with E-state index >= 15 is 0 Å². The van der Waals surface area contributed by atoms with Crippen LogP contribution in [0.25, 0.3) is 0 Å². The smallest absolute Gasteiger partial charge is 0.333 e. The number of carbonyl (C=O) groups is 2. The molecule has 22 heavy (non-hydrogen) atoms. The zero-order valence-corrected chi connectivity index (χ0v) is 13.8. The number of cyclic esters (lactones) is 1. The predicted octanol–water partition coefficient (Wildman–Crippen LogP) is 2.58. The fourth-order valence-electron chi connectivity index (χ4n) is 3.42. The van der Waals surface area contributed by atoms with Crippen molar-refractivity contribution < 1.29 is 23.9 Å². The Morgan fingerprint density at radius 2 is 2.05 bits per heavy atom. The number of rotatable bonds is 5. The van der Waals surface area contributed by atoms with E-state index in [-0.39, 0.29) is 0 Å². The van der Waals surface area contributed by atoms with Crippen LogP contribution in [-0.4, -0.2) is 31.4 Å².